The molecule has 6 rings (SSSR count). The number of amides is 1. The summed E-state index contributed by atoms with van der Waals surface area (Å²) in [6.07, 6.45) is 10.1. The molecule has 5 heteroatoms. The number of rotatable bonds is 2. The number of nitrogens with zero attached hydrogens (tertiary/aromatic N) is 2. The molecule has 2 N–H and O–H groups in total. The third-order valence-electron chi connectivity index (χ3n) is 6.31. The van der Waals surface area contributed by atoms with Crippen LogP contribution in [0.1, 0.15) is 62.1 Å². The fraction of sp³-hybridized carbons (Fsp3) is 0.500. The first-order valence-electron chi connectivity index (χ1n) is 9.40. The van der Waals surface area contributed by atoms with Crippen LogP contribution in [-0.2, 0) is 0 Å². The van der Waals surface area contributed by atoms with Gasteiger partial charge in [0.1, 0.15) is 11.4 Å². The van der Waals surface area contributed by atoms with Crippen LogP contribution in [0.5, 0.6) is 0 Å². The van der Waals surface area contributed by atoms with Gasteiger partial charge in [0, 0.05) is 23.3 Å². The maximum absolute atomic E-state index is 12.6. The normalized spacial score (nSPS) is 32.9. The molecule has 1 amide bonds. The molecule has 2 aromatic heterocycles. The van der Waals surface area contributed by atoms with Crippen molar-refractivity contribution >= 4 is 5.91 Å². The van der Waals surface area contributed by atoms with Gasteiger partial charge in [0.15, 0.2) is 0 Å². The monoisotopic (exact) mass is 362 g/mol. The zero-order valence-electron chi connectivity index (χ0n) is 14.7. The first-order valence-corrected chi connectivity index (χ1v) is 9.40. The van der Waals surface area contributed by atoms with Crippen molar-refractivity contribution in [2.45, 2.75) is 51.5 Å². The van der Waals surface area contributed by atoms with E-state index < -0.39 is 0 Å². The fourth-order valence-electron chi connectivity index (χ4n) is 5.88. The van der Waals surface area contributed by atoms with Crippen molar-refractivity contribution in [2.75, 3.05) is 0 Å². The Bertz CT molecular complexity index is 864. The molecule has 2 atom stereocenters. The lowest BCUT2D eigenvalue weighted by atomic mass is 9.47. The second-order valence-electron chi connectivity index (χ2n) is 8.41. The molecule has 2 aromatic rings. The van der Waals surface area contributed by atoms with Gasteiger partial charge in [0.05, 0.1) is 0 Å². The van der Waals surface area contributed by atoms with Crippen LogP contribution in [0.2, 0.25) is 0 Å². The molecule has 27 heavy (non-hydrogen) atoms. The lowest BCUT2D eigenvalue weighted by molar-refractivity contribution is -0.0484. The molecule has 5 nitrogen and oxygen atoms in total. The van der Waals surface area contributed by atoms with Gasteiger partial charge in [-0.1, -0.05) is 19.4 Å². The van der Waals surface area contributed by atoms with E-state index in [0.717, 1.165) is 37.8 Å². The summed E-state index contributed by atoms with van der Waals surface area (Å²) in [5.41, 5.74) is 1.27. The minimum atomic E-state index is -0.120. The molecule has 4 aliphatic rings. The summed E-state index contributed by atoms with van der Waals surface area (Å²) in [6, 6.07) is 7.58. The molecule has 0 aromatic carbocycles. The Labute approximate surface area is 160 Å². The number of carbonyl (C=O) groups is 1. The number of pyridine rings is 1. The van der Waals surface area contributed by atoms with E-state index in [-0.39, 0.29) is 24.3 Å². The Morgan fingerprint density at radius 2 is 1.96 bits per heavy atom. The van der Waals surface area contributed by atoms with E-state index in [9.17, 15) is 4.79 Å². The van der Waals surface area contributed by atoms with Gasteiger partial charge in [-0.15, -0.1) is 0 Å². The minimum Gasteiger partial charge on any atom is -0.345 e. The Kier molecular flexibility index (Phi) is 4.30. The maximum atomic E-state index is 12.6. The van der Waals surface area contributed by atoms with Crippen LogP contribution >= 0.6 is 0 Å². The highest BCUT2D eigenvalue weighted by atomic mass is 16.2. The van der Waals surface area contributed by atoms with Crippen molar-refractivity contribution in [3.63, 3.8) is 0 Å². The largest absolute Gasteiger partial charge is 0.345 e. The number of nitrogens with one attached hydrogen (secondary N) is 2. The molecule has 0 spiro atoms. The maximum Gasteiger partial charge on any atom is 0.269 e. The lowest BCUT2D eigenvalue weighted by Gasteiger charge is -2.60. The summed E-state index contributed by atoms with van der Waals surface area (Å²) in [5.74, 6) is 8.18. The van der Waals surface area contributed by atoms with E-state index in [2.05, 4.69) is 32.3 Å². The first kappa shape index (κ1) is 17.8. The topological polar surface area (TPSA) is 70.7 Å². The Morgan fingerprint density at radius 3 is 2.63 bits per heavy atom. The Morgan fingerprint density at radius 1 is 1.15 bits per heavy atom. The number of aromatic amines is 1. The first-order chi connectivity index (χ1) is 12.6. The Hall–Kier alpha value is -2.61. The predicted octanol–water partition coefficient (Wildman–Crippen LogP) is 3.56. The highest BCUT2D eigenvalue weighted by Gasteiger charge is 2.57. The molecule has 2 heterocycles. The fourth-order valence-corrected chi connectivity index (χ4v) is 5.88. The summed E-state index contributed by atoms with van der Waals surface area (Å²) in [5, 5.41) is 10.0. The van der Waals surface area contributed by atoms with Crippen LogP contribution in [0, 0.1) is 29.1 Å². The average molecular weight is 362 g/mol. The van der Waals surface area contributed by atoms with E-state index in [4.69, 9.17) is 0 Å². The van der Waals surface area contributed by atoms with Gasteiger partial charge in [-0.25, -0.2) is 4.98 Å². The van der Waals surface area contributed by atoms with Gasteiger partial charge in [-0.2, -0.15) is 5.10 Å². The van der Waals surface area contributed by atoms with Gasteiger partial charge in [-0.3, -0.25) is 9.89 Å². The second-order valence-corrected chi connectivity index (χ2v) is 8.41. The average Bonchev–Trinajstić information content (AvgIpc) is 3.14. The summed E-state index contributed by atoms with van der Waals surface area (Å²) in [7, 11) is 0. The van der Waals surface area contributed by atoms with Crippen LogP contribution in [0.15, 0.2) is 36.7 Å². The molecule has 2 unspecified atom stereocenters. The third kappa shape index (κ3) is 3.25. The minimum absolute atomic E-state index is 0. The van der Waals surface area contributed by atoms with E-state index in [1.807, 2.05) is 18.2 Å². The van der Waals surface area contributed by atoms with Gasteiger partial charge in [0.25, 0.3) is 5.91 Å². The molecule has 0 saturated heterocycles. The van der Waals surface area contributed by atoms with E-state index in [0.29, 0.717) is 17.5 Å². The number of aromatic nitrogens is 3. The molecule has 4 fully saturated rings. The van der Waals surface area contributed by atoms with Crippen LogP contribution in [-0.4, -0.2) is 26.6 Å². The molecular weight excluding hydrogens is 336 g/mol. The molecule has 4 bridgehead atoms. The molecule has 140 valence electrons. The highest BCUT2D eigenvalue weighted by Crippen LogP contribution is 2.61. The van der Waals surface area contributed by atoms with Crippen molar-refractivity contribution < 1.29 is 4.79 Å². The number of H-pyrrole nitrogens is 1. The molecule has 0 aliphatic heterocycles. The number of carbonyl (C=O) groups excluding carboxylic acids is 1. The van der Waals surface area contributed by atoms with Gasteiger partial charge < -0.3 is 5.32 Å². The SMILES string of the molecule is C.O=C(NC12CC3CC(CC(C#Cc4ccccn4)(C3)C1)C2)c1ccn[nH]1. The quantitative estimate of drug-likeness (QED) is 0.803. The van der Waals surface area contributed by atoms with Crippen molar-refractivity contribution in [2.24, 2.45) is 17.3 Å². The molecule has 4 aliphatic carbocycles. The highest BCUT2D eigenvalue weighted by molar-refractivity contribution is 5.92. The van der Waals surface area contributed by atoms with Crippen LogP contribution in [0.4, 0.5) is 0 Å². The molecule has 0 radical (unpaired) electrons. The van der Waals surface area contributed by atoms with Gasteiger partial charge in [0.2, 0.25) is 0 Å². The van der Waals surface area contributed by atoms with E-state index >= 15 is 0 Å². The lowest BCUT2D eigenvalue weighted by Crippen LogP contribution is -2.62. The summed E-state index contributed by atoms with van der Waals surface area (Å²) in [6.45, 7) is 0. The second kappa shape index (κ2) is 6.53. The van der Waals surface area contributed by atoms with Crippen molar-refractivity contribution in [1.82, 2.24) is 20.5 Å². The van der Waals surface area contributed by atoms with Crippen molar-refractivity contribution in [1.29, 1.82) is 0 Å². The summed E-state index contributed by atoms with van der Waals surface area (Å²) < 4.78 is 0. The zero-order chi connectivity index (χ0) is 17.6. The van der Waals surface area contributed by atoms with Crippen LogP contribution in [0.3, 0.4) is 0 Å². The standard InChI is InChI=1S/C21H22N4O.CH4/c26-19(18-5-8-23-25-18)24-21-12-15-9-16(13-21)11-20(10-15,14-21)6-4-17-3-1-2-7-22-17;/h1-3,5,7-8,15-16H,9-14H2,(H,23,25)(H,24,26);1H4. The molecule has 4 saturated carbocycles. The zero-order valence-corrected chi connectivity index (χ0v) is 14.7. The number of hydrogen-bond donors (Lipinski definition) is 2. The van der Waals surface area contributed by atoms with Gasteiger partial charge in [-0.05, 0) is 74.5 Å². The predicted molar refractivity (Wildman–Crippen MR) is 104 cm³/mol. The summed E-state index contributed by atoms with van der Waals surface area (Å²) >= 11 is 0. The Balaban J connectivity index is 0.00000180. The van der Waals surface area contributed by atoms with Gasteiger partial charge >= 0.3 is 0 Å². The van der Waals surface area contributed by atoms with Crippen LogP contribution < -0.4 is 5.32 Å². The van der Waals surface area contributed by atoms with E-state index in [1.165, 1.54) is 6.42 Å². The number of hydrogen-bond acceptors (Lipinski definition) is 3. The third-order valence-corrected chi connectivity index (χ3v) is 6.31. The molecular formula is C22H26N4O. The van der Waals surface area contributed by atoms with Crippen LogP contribution in [0.25, 0.3) is 0 Å². The van der Waals surface area contributed by atoms with E-state index in [1.54, 1.807) is 18.5 Å². The van der Waals surface area contributed by atoms with Crippen molar-refractivity contribution in [3.05, 3.63) is 48.0 Å². The smallest absolute Gasteiger partial charge is 0.269 e. The van der Waals surface area contributed by atoms with Crippen molar-refractivity contribution in [3.8, 4) is 11.8 Å². The summed E-state index contributed by atoms with van der Waals surface area (Å²) in [4.78, 5) is 17.0.